The van der Waals surface area contributed by atoms with E-state index in [9.17, 15) is 4.79 Å². The summed E-state index contributed by atoms with van der Waals surface area (Å²) in [5, 5.41) is 0. The van der Waals surface area contributed by atoms with Gasteiger partial charge in [0.05, 0.1) is 5.92 Å². The zero-order valence-electron chi connectivity index (χ0n) is 17.4. The van der Waals surface area contributed by atoms with Crippen LogP contribution in [0, 0.1) is 6.92 Å². The Balaban J connectivity index is 2.52. The molecule has 0 saturated carbocycles. The van der Waals surface area contributed by atoms with Crippen LogP contribution in [0.4, 0.5) is 0 Å². The van der Waals surface area contributed by atoms with Gasteiger partial charge in [-0.05, 0) is 30.2 Å². The maximum absolute atomic E-state index is 12.9. The van der Waals surface area contributed by atoms with Crippen LogP contribution in [0.25, 0.3) is 0 Å². The molecular formula is C24H32O2. The largest absolute Gasteiger partial charge is 0.425 e. The molecule has 1 atom stereocenters. The van der Waals surface area contributed by atoms with Crippen LogP contribution in [0.2, 0.25) is 0 Å². The van der Waals surface area contributed by atoms with E-state index in [-0.39, 0.29) is 22.7 Å². The van der Waals surface area contributed by atoms with Gasteiger partial charge < -0.3 is 4.74 Å². The minimum atomic E-state index is -0.307. The molecule has 2 rings (SSSR count). The first-order valence-electron chi connectivity index (χ1n) is 9.33. The Morgan fingerprint density at radius 3 is 1.77 bits per heavy atom. The second-order valence-corrected chi connectivity index (χ2v) is 9.24. The summed E-state index contributed by atoms with van der Waals surface area (Å²) in [5.74, 6) is 0.206. The van der Waals surface area contributed by atoms with E-state index in [2.05, 4.69) is 60.6 Å². The second-order valence-electron chi connectivity index (χ2n) is 9.24. The monoisotopic (exact) mass is 352 g/mol. The van der Waals surface area contributed by atoms with Crippen LogP contribution >= 0.6 is 0 Å². The number of ether oxygens (including phenoxy) is 1. The van der Waals surface area contributed by atoms with Gasteiger partial charge in [0, 0.05) is 11.1 Å². The lowest BCUT2D eigenvalue weighted by molar-refractivity contribution is -0.135. The van der Waals surface area contributed by atoms with E-state index in [0.717, 1.165) is 22.4 Å². The first-order chi connectivity index (χ1) is 11.9. The third kappa shape index (κ3) is 4.55. The fourth-order valence-corrected chi connectivity index (χ4v) is 3.06. The second kappa shape index (κ2) is 7.26. The van der Waals surface area contributed by atoms with E-state index in [0.29, 0.717) is 0 Å². The van der Waals surface area contributed by atoms with E-state index in [1.165, 1.54) is 5.56 Å². The Hall–Kier alpha value is -2.09. The van der Waals surface area contributed by atoms with Crippen molar-refractivity contribution in [1.29, 1.82) is 0 Å². The van der Waals surface area contributed by atoms with Crippen LogP contribution < -0.4 is 4.74 Å². The Labute approximate surface area is 158 Å². The summed E-state index contributed by atoms with van der Waals surface area (Å²) in [6.45, 7) is 17.0. The van der Waals surface area contributed by atoms with E-state index in [1.807, 2.05) is 37.3 Å². The average Bonchev–Trinajstić information content (AvgIpc) is 2.54. The van der Waals surface area contributed by atoms with E-state index in [1.54, 1.807) is 0 Å². The number of hydrogen-bond donors (Lipinski definition) is 0. The molecule has 140 valence electrons. The quantitative estimate of drug-likeness (QED) is 0.478. The van der Waals surface area contributed by atoms with Crippen molar-refractivity contribution in [3.05, 3.63) is 64.7 Å². The van der Waals surface area contributed by atoms with Crippen molar-refractivity contribution in [2.75, 3.05) is 0 Å². The Bertz CT molecular complexity index is 739. The molecule has 2 aromatic rings. The zero-order valence-corrected chi connectivity index (χ0v) is 17.4. The van der Waals surface area contributed by atoms with Crippen molar-refractivity contribution in [2.45, 2.75) is 72.1 Å². The number of rotatable bonds is 3. The summed E-state index contributed by atoms with van der Waals surface area (Å²) in [6.07, 6.45) is 0. The summed E-state index contributed by atoms with van der Waals surface area (Å²) in [7, 11) is 0. The summed E-state index contributed by atoms with van der Waals surface area (Å²) in [5.41, 5.74) is 4.09. The lowest BCUT2D eigenvalue weighted by Gasteiger charge is -2.30. The molecule has 0 aliphatic carbocycles. The number of hydrogen-bond acceptors (Lipinski definition) is 2. The van der Waals surface area contributed by atoms with Gasteiger partial charge >= 0.3 is 5.97 Å². The molecule has 0 amide bonds. The van der Waals surface area contributed by atoms with E-state index >= 15 is 0 Å². The summed E-state index contributed by atoms with van der Waals surface area (Å²) >= 11 is 0. The van der Waals surface area contributed by atoms with Crippen molar-refractivity contribution in [3.63, 3.8) is 0 Å². The molecule has 0 spiro atoms. The first kappa shape index (κ1) is 20.2. The molecule has 0 aliphatic heterocycles. The molecular weight excluding hydrogens is 320 g/mol. The van der Waals surface area contributed by atoms with Crippen LogP contribution in [0.1, 0.15) is 76.6 Å². The fraction of sp³-hybridized carbons (Fsp3) is 0.458. The van der Waals surface area contributed by atoms with Gasteiger partial charge in [-0.2, -0.15) is 0 Å². The highest BCUT2D eigenvalue weighted by molar-refractivity contribution is 5.80. The van der Waals surface area contributed by atoms with E-state index in [4.69, 9.17) is 4.74 Å². The van der Waals surface area contributed by atoms with Gasteiger partial charge in [0.15, 0.2) is 0 Å². The number of benzene rings is 2. The molecule has 26 heavy (non-hydrogen) atoms. The van der Waals surface area contributed by atoms with Crippen LogP contribution in [0.15, 0.2) is 42.5 Å². The maximum Gasteiger partial charge on any atom is 0.318 e. The molecule has 0 fully saturated rings. The van der Waals surface area contributed by atoms with Crippen LogP contribution in [-0.4, -0.2) is 5.97 Å². The van der Waals surface area contributed by atoms with Gasteiger partial charge in [-0.1, -0.05) is 89.6 Å². The SMILES string of the molecule is Cc1cc(C(C)(C)C)c(OC(=O)[C@@H](C)c2ccccc2)c(C(C)(C)C)c1. The van der Waals surface area contributed by atoms with Crippen LogP contribution in [-0.2, 0) is 15.6 Å². The summed E-state index contributed by atoms with van der Waals surface area (Å²) < 4.78 is 6.06. The van der Waals surface area contributed by atoms with Gasteiger partial charge in [-0.15, -0.1) is 0 Å². The van der Waals surface area contributed by atoms with Gasteiger partial charge in [0.25, 0.3) is 0 Å². The molecule has 0 heterocycles. The van der Waals surface area contributed by atoms with Gasteiger partial charge in [-0.25, -0.2) is 0 Å². The normalized spacial score (nSPS) is 13.4. The van der Waals surface area contributed by atoms with Crippen molar-refractivity contribution < 1.29 is 9.53 Å². The molecule has 0 saturated heterocycles. The van der Waals surface area contributed by atoms with Gasteiger partial charge in [0.2, 0.25) is 0 Å². The summed E-state index contributed by atoms with van der Waals surface area (Å²) in [4.78, 5) is 12.9. The van der Waals surface area contributed by atoms with Gasteiger partial charge in [-0.3, -0.25) is 4.79 Å². The standard InChI is InChI=1S/C24H32O2/c1-16-14-19(23(3,4)5)21(20(15-16)24(6,7)8)26-22(25)17(2)18-12-10-9-11-13-18/h9-15,17H,1-8H3/t17-/m0/s1. The lowest BCUT2D eigenvalue weighted by Crippen LogP contribution is -2.24. The molecule has 0 aromatic heterocycles. The van der Waals surface area contributed by atoms with Crippen molar-refractivity contribution in [2.24, 2.45) is 0 Å². The number of aryl methyl sites for hydroxylation is 1. The Morgan fingerprint density at radius 2 is 1.35 bits per heavy atom. The molecule has 2 heteroatoms. The predicted molar refractivity (Wildman–Crippen MR) is 109 cm³/mol. The molecule has 0 N–H and O–H groups in total. The topological polar surface area (TPSA) is 26.3 Å². The van der Waals surface area contributed by atoms with Crippen molar-refractivity contribution in [1.82, 2.24) is 0 Å². The van der Waals surface area contributed by atoms with Crippen LogP contribution in [0.3, 0.4) is 0 Å². The molecule has 2 nitrogen and oxygen atoms in total. The molecule has 0 aliphatic rings. The highest BCUT2D eigenvalue weighted by Crippen LogP contribution is 2.41. The minimum Gasteiger partial charge on any atom is -0.425 e. The predicted octanol–water partition coefficient (Wildman–Crippen LogP) is 6.30. The Morgan fingerprint density at radius 1 is 0.885 bits per heavy atom. The smallest absolute Gasteiger partial charge is 0.318 e. The average molecular weight is 353 g/mol. The number of carbonyl (C=O) groups is 1. The third-order valence-electron chi connectivity index (χ3n) is 4.71. The zero-order chi connectivity index (χ0) is 19.7. The van der Waals surface area contributed by atoms with Crippen LogP contribution in [0.5, 0.6) is 5.75 Å². The maximum atomic E-state index is 12.9. The Kier molecular flexibility index (Phi) is 5.65. The van der Waals surface area contributed by atoms with Gasteiger partial charge in [0.1, 0.15) is 5.75 Å². The molecule has 2 aromatic carbocycles. The molecule has 0 unspecified atom stereocenters. The first-order valence-corrected chi connectivity index (χ1v) is 9.33. The third-order valence-corrected chi connectivity index (χ3v) is 4.71. The fourth-order valence-electron chi connectivity index (χ4n) is 3.06. The van der Waals surface area contributed by atoms with Crippen molar-refractivity contribution in [3.8, 4) is 5.75 Å². The number of esters is 1. The number of carbonyl (C=O) groups excluding carboxylic acids is 1. The van der Waals surface area contributed by atoms with Crippen molar-refractivity contribution >= 4 is 5.97 Å². The minimum absolute atomic E-state index is 0.113. The lowest BCUT2D eigenvalue weighted by atomic mass is 9.78. The molecule has 0 radical (unpaired) electrons. The highest BCUT2D eigenvalue weighted by atomic mass is 16.5. The summed E-state index contributed by atoms with van der Waals surface area (Å²) in [6, 6.07) is 14.1. The molecule has 0 bridgehead atoms. The highest BCUT2D eigenvalue weighted by Gasteiger charge is 2.30. The van der Waals surface area contributed by atoms with E-state index < -0.39 is 0 Å².